The minimum absolute atomic E-state index is 0.318. The van der Waals surface area contributed by atoms with Gasteiger partial charge in [-0.2, -0.15) is 5.10 Å². The van der Waals surface area contributed by atoms with Crippen LogP contribution in [0.2, 0.25) is 0 Å². The lowest BCUT2D eigenvalue weighted by atomic mass is 9.84. The van der Waals surface area contributed by atoms with Gasteiger partial charge in [-0.25, -0.2) is 9.67 Å². The maximum Gasteiger partial charge on any atom is 0.138 e. The third-order valence-corrected chi connectivity index (χ3v) is 4.57. The SMILES string of the molecule is CC(C)Cn1ncnc1CC(NN)C1CCCCCCC1. The van der Waals surface area contributed by atoms with Crippen LogP contribution in [0.3, 0.4) is 0 Å². The van der Waals surface area contributed by atoms with Crippen molar-refractivity contribution < 1.29 is 0 Å². The Balaban J connectivity index is 1.98. The molecule has 3 N–H and O–H groups in total. The van der Waals surface area contributed by atoms with E-state index in [1.165, 1.54) is 44.9 Å². The van der Waals surface area contributed by atoms with Crippen molar-refractivity contribution in [1.29, 1.82) is 0 Å². The minimum Gasteiger partial charge on any atom is -0.271 e. The van der Waals surface area contributed by atoms with Crippen LogP contribution in [0.15, 0.2) is 6.33 Å². The van der Waals surface area contributed by atoms with Gasteiger partial charge in [-0.3, -0.25) is 11.3 Å². The van der Waals surface area contributed by atoms with Crippen molar-refractivity contribution in [2.45, 2.75) is 77.8 Å². The van der Waals surface area contributed by atoms with Crippen molar-refractivity contribution >= 4 is 0 Å². The Morgan fingerprint density at radius 2 is 1.90 bits per heavy atom. The van der Waals surface area contributed by atoms with Gasteiger partial charge < -0.3 is 0 Å². The summed E-state index contributed by atoms with van der Waals surface area (Å²) in [6, 6.07) is 0.318. The molecule has 0 radical (unpaired) electrons. The molecule has 0 aliphatic heterocycles. The van der Waals surface area contributed by atoms with Crippen molar-refractivity contribution in [2.75, 3.05) is 0 Å². The first-order chi connectivity index (χ1) is 10.2. The van der Waals surface area contributed by atoms with E-state index in [9.17, 15) is 0 Å². The van der Waals surface area contributed by atoms with Gasteiger partial charge in [0.15, 0.2) is 0 Å². The summed E-state index contributed by atoms with van der Waals surface area (Å²) < 4.78 is 2.04. The number of hydrogen-bond acceptors (Lipinski definition) is 4. The molecule has 0 spiro atoms. The number of rotatable bonds is 6. The normalized spacial score (nSPS) is 19.4. The fraction of sp³-hybridized carbons (Fsp3) is 0.875. The molecule has 21 heavy (non-hydrogen) atoms. The number of hydrogen-bond donors (Lipinski definition) is 2. The predicted octanol–water partition coefficient (Wildman–Crippen LogP) is 2.67. The number of nitrogens with one attached hydrogen (secondary N) is 1. The van der Waals surface area contributed by atoms with Crippen LogP contribution in [0.25, 0.3) is 0 Å². The lowest BCUT2D eigenvalue weighted by molar-refractivity contribution is 0.279. The molecule has 1 aromatic rings. The Bertz CT molecular complexity index is 393. The summed E-state index contributed by atoms with van der Waals surface area (Å²) in [6.45, 7) is 5.34. The zero-order valence-corrected chi connectivity index (χ0v) is 13.6. The van der Waals surface area contributed by atoms with Crippen LogP contribution in [-0.4, -0.2) is 20.8 Å². The molecular weight excluding hydrogens is 262 g/mol. The van der Waals surface area contributed by atoms with Gasteiger partial charge in [0, 0.05) is 19.0 Å². The molecule has 1 aliphatic rings. The number of nitrogens with zero attached hydrogens (tertiary/aromatic N) is 3. The second kappa shape index (κ2) is 8.49. The Hall–Kier alpha value is -0.940. The molecule has 1 unspecified atom stereocenters. The van der Waals surface area contributed by atoms with Gasteiger partial charge in [-0.1, -0.05) is 46.0 Å². The number of nitrogens with two attached hydrogens (primary N) is 1. The summed E-state index contributed by atoms with van der Waals surface area (Å²) in [5.74, 6) is 8.16. The lowest BCUT2D eigenvalue weighted by Crippen LogP contribution is -2.43. The van der Waals surface area contributed by atoms with Crippen molar-refractivity contribution in [3.63, 3.8) is 0 Å². The molecule has 2 rings (SSSR count). The molecule has 1 fully saturated rings. The highest BCUT2D eigenvalue weighted by atomic mass is 15.3. The Morgan fingerprint density at radius 3 is 2.52 bits per heavy atom. The number of hydrazine groups is 1. The fourth-order valence-electron chi connectivity index (χ4n) is 3.39. The van der Waals surface area contributed by atoms with E-state index in [1.807, 2.05) is 4.68 Å². The highest BCUT2D eigenvalue weighted by molar-refractivity contribution is 4.92. The molecule has 1 saturated carbocycles. The smallest absolute Gasteiger partial charge is 0.138 e. The van der Waals surface area contributed by atoms with E-state index in [1.54, 1.807) is 6.33 Å². The largest absolute Gasteiger partial charge is 0.271 e. The van der Waals surface area contributed by atoms with Crippen molar-refractivity contribution in [2.24, 2.45) is 17.7 Å². The molecule has 0 bridgehead atoms. The maximum atomic E-state index is 5.85. The molecule has 0 saturated heterocycles. The van der Waals surface area contributed by atoms with Gasteiger partial charge in [-0.15, -0.1) is 0 Å². The van der Waals surface area contributed by atoms with E-state index in [-0.39, 0.29) is 0 Å². The molecule has 5 nitrogen and oxygen atoms in total. The summed E-state index contributed by atoms with van der Waals surface area (Å²) in [6.07, 6.45) is 11.9. The van der Waals surface area contributed by atoms with Crippen LogP contribution < -0.4 is 11.3 Å². The Labute approximate surface area is 128 Å². The van der Waals surface area contributed by atoms with E-state index in [0.717, 1.165) is 18.8 Å². The van der Waals surface area contributed by atoms with Gasteiger partial charge in [0.25, 0.3) is 0 Å². The zero-order chi connectivity index (χ0) is 15.1. The van der Waals surface area contributed by atoms with Crippen LogP contribution >= 0.6 is 0 Å². The van der Waals surface area contributed by atoms with E-state index in [4.69, 9.17) is 5.84 Å². The van der Waals surface area contributed by atoms with Gasteiger partial charge in [0.05, 0.1) is 0 Å². The summed E-state index contributed by atoms with van der Waals surface area (Å²) >= 11 is 0. The molecular formula is C16H31N5. The summed E-state index contributed by atoms with van der Waals surface area (Å²) in [5.41, 5.74) is 3.06. The molecule has 120 valence electrons. The fourth-order valence-corrected chi connectivity index (χ4v) is 3.39. The third-order valence-electron chi connectivity index (χ3n) is 4.57. The van der Waals surface area contributed by atoms with Gasteiger partial charge in [0.2, 0.25) is 0 Å². The number of aromatic nitrogens is 3. The van der Waals surface area contributed by atoms with Crippen LogP contribution in [0, 0.1) is 11.8 Å². The molecule has 5 heteroatoms. The van der Waals surface area contributed by atoms with Gasteiger partial charge in [-0.05, 0) is 24.7 Å². The molecule has 0 amide bonds. The summed E-state index contributed by atoms with van der Waals surface area (Å²) in [4.78, 5) is 4.45. The molecule has 1 aromatic heterocycles. The lowest BCUT2D eigenvalue weighted by Gasteiger charge is -2.28. The topological polar surface area (TPSA) is 68.8 Å². The Morgan fingerprint density at radius 1 is 1.24 bits per heavy atom. The van der Waals surface area contributed by atoms with Crippen molar-refractivity contribution in [1.82, 2.24) is 20.2 Å². The minimum atomic E-state index is 0.318. The summed E-state index contributed by atoms with van der Waals surface area (Å²) in [7, 11) is 0. The van der Waals surface area contributed by atoms with Crippen LogP contribution in [-0.2, 0) is 13.0 Å². The molecule has 1 heterocycles. The van der Waals surface area contributed by atoms with Crippen LogP contribution in [0.1, 0.15) is 64.6 Å². The van der Waals surface area contributed by atoms with E-state index in [2.05, 4.69) is 29.4 Å². The second-order valence-corrected chi connectivity index (χ2v) is 6.83. The first-order valence-electron chi connectivity index (χ1n) is 8.53. The van der Waals surface area contributed by atoms with E-state index < -0.39 is 0 Å². The maximum absolute atomic E-state index is 5.85. The van der Waals surface area contributed by atoms with Crippen LogP contribution in [0.4, 0.5) is 0 Å². The first-order valence-corrected chi connectivity index (χ1v) is 8.53. The highest BCUT2D eigenvalue weighted by Gasteiger charge is 2.23. The first kappa shape index (κ1) is 16.4. The van der Waals surface area contributed by atoms with Crippen molar-refractivity contribution in [3.8, 4) is 0 Å². The van der Waals surface area contributed by atoms with Crippen molar-refractivity contribution in [3.05, 3.63) is 12.2 Å². The van der Waals surface area contributed by atoms with E-state index >= 15 is 0 Å². The molecule has 1 atom stereocenters. The molecule has 0 aromatic carbocycles. The van der Waals surface area contributed by atoms with Gasteiger partial charge in [0.1, 0.15) is 12.2 Å². The predicted molar refractivity (Wildman–Crippen MR) is 85.5 cm³/mol. The monoisotopic (exact) mass is 293 g/mol. The molecule has 1 aliphatic carbocycles. The quantitative estimate of drug-likeness (QED) is 0.625. The second-order valence-electron chi connectivity index (χ2n) is 6.83. The van der Waals surface area contributed by atoms with E-state index in [0.29, 0.717) is 17.9 Å². The third kappa shape index (κ3) is 5.08. The zero-order valence-electron chi connectivity index (χ0n) is 13.6. The van der Waals surface area contributed by atoms with Crippen LogP contribution in [0.5, 0.6) is 0 Å². The highest BCUT2D eigenvalue weighted by Crippen LogP contribution is 2.26. The average Bonchev–Trinajstić information content (AvgIpc) is 2.82. The van der Waals surface area contributed by atoms with Gasteiger partial charge >= 0.3 is 0 Å². The Kier molecular flexibility index (Phi) is 6.64. The average molecular weight is 293 g/mol. The summed E-state index contributed by atoms with van der Waals surface area (Å²) in [5, 5.41) is 4.36. The standard InChI is InChI=1S/C16H31N5/c1-13(2)11-21-16(18-12-19-21)10-15(20-17)14-8-6-4-3-5-7-9-14/h12-15,20H,3-11,17H2,1-2H3.